The summed E-state index contributed by atoms with van der Waals surface area (Å²) in [6, 6.07) is 13.5. The zero-order valence-corrected chi connectivity index (χ0v) is 20.3. The van der Waals surface area contributed by atoms with Gasteiger partial charge in [0, 0.05) is 42.7 Å². The highest BCUT2D eigenvalue weighted by Gasteiger charge is 2.34. The van der Waals surface area contributed by atoms with E-state index in [2.05, 4.69) is 14.9 Å². The summed E-state index contributed by atoms with van der Waals surface area (Å²) in [6.45, 7) is 2.37. The molecule has 8 heteroatoms. The molecule has 2 aromatic heterocycles. The minimum atomic E-state index is -0.709. The van der Waals surface area contributed by atoms with Gasteiger partial charge in [-0.1, -0.05) is 6.07 Å². The number of fused-ring (bicyclic) bond motifs is 1. The first-order valence-electron chi connectivity index (χ1n) is 11.7. The largest absolute Gasteiger partial charge is 0.497 e. The Morgan fingerprint density at radius 1 is 1.26 bits per heavy atom. The number of piperidine rings is 1. The van der Waals surface area contributed by atoms with Crippen molar-refractivity contribution in [2.24, 2.45) is 17.6 Å². The zero-order chi connectivity index (χ0) is 23.9. The summed E-state index contributed by atoms with van der Waals surface area (Å²) in [4.78, 5) is 23.1. The number of carboxylic acid groups (broad SMARTS) is 1. The minimum Gasteiger partial charge on any atom is -0.497 e. The number of thioether (sulfide) groups is 1. The fraction of sp³-hybridized carbons (Fsp3) is 0.423. The highest BCUT2D eigenvalue weighted by atomic mass is 32.2. The lowest BCUT2D eigenvalue weighted by Gasteiger charge is -2.37. The van der Waals surface area contributed by atoms with E-state index in [9.17, 15) is 9.90 Å². The molecule has 0 bridgehead atoms. The fourth-order valence-electron chi connectivity index (χ4n) is 4.75. The van der Waals surface area contributed by atoms with Crippen LogP contribution in [0.4, 0.5) is 0 Å². The van der Waals surface area contributed by atoms with Crippen LogP contribution >= 0.6 is 11.8 Å². The molecule has 3 atom stereocenters. The molecule has 0 amide bonds. The predicted molar refractivity (Wildman–Crippen MR) is 135 cm³/mol. The summed E-state index contributed by atoms with van der Waals surface area (Å²) in [5.41, 5.74) is 8.52. The van der Waals surface area contributed by atoms with Gasteiger partial charge in [-0.15, -0.1) is 11.8 Å². The SMILES string of the molecule is COc1ccc2nccc([C@H](N)CC[C@@H]3CCN(CCSc4ccccn4)C[C@@H]3C(=O)O)c2c1. The van der Waals surface area contributed by atoms with Gasteiger partial charge in [0.25, 0.3) is 0 Å². The number of nitrogens with two attached hydrogens (primary N) is 1. The molecule has 3 heterocycles. The molecule has 1 aliphatic heterocycles. The van der Waals surface area contributed by atoms with Crippen LogP contribution in [0.15, 0.2) is 59.9 Å². The molecule has 1 fully saturated rings. The minimum absolute atomic E-state index is 0.130. The molecule has 1 aromatic carbocycles. The van der Waals surface area contributed by atoms with Crippen molar-refractivity contribution in [3.05, 3.63) is 60.4 Å². The van der Waals surface area contributed by atoms with E-state index in [1.807, 2.05) is 42.5 Å². The molecule has 180 valence electrons. The van der Waals surface area contributed by atoms with Gasteiger partial charge in [0.15, 0.2) is 0 Å². The van der Waals surface area contributed by atoms with Crippen LogP contribution in [-0.4, -0.2) is 58.4 Å². The van der Waals surface area contributed by atoms with Gasteiger partial charge in [0.1, 0.15) is 5.75 Å². The van der Waals surface area contributed by atoms with Crippen LogP contribution in [0.1, 0.15) is 30.9 Å². The van der Waals surface area contributed by atoms with Gasteiger partial charge in [-0.2, -0.15) is 0 Å². The standard InChI is InChI=1S/C26H32N4O3S/c1-33-19-6-8-24-21(16-19)20(9-12-28-24)23(27)7-5-18-10-13-30(17-22(18)26(31)32)14-15-34-25-4-2-3-11-29-25/h2-4,6,8-9,11-12,16,18,22-23H,5,7,10,13-15,17,27H2,1H3,(H,31,32)/t18-,22+,23-/m1/s1. The Labute approximate surface area is 204 Å². The van der Waals surface area contributed by atoms with Gasteiger partial charge in [-0.25, -0.2) is 4.98 Å². The van der Waals surface area contributed by atoms with E-state index < -0.39 is 5.97 Å². The van der Waals surface area contributed by atoms with Gasteiger partial charge in [0.05, 0.1) is 23.6 Å². The van der Waals surface area contributed by atoms with Crippen molar-refractivity contribution < 1.29 is 14.6 Å². The second kappa shape index (κ2) is 11.6. The monoisotopic (exact) mass is 480 g/mol. The summed E-state index contributed by atoms with van der Waals surface area (Å²) in [5.74, 6) is 0.728. The maximum absolute atomic E-state index is 12.1. The Morgan fingerprint density at radius 3 is 2.91 bits per heavy atom. The number of pyridine rings is 2. The Morgan fingerprint density at radius 2 is 2.15 bits per heavy atom. The van der Waals surface area contributed by atoms with E-state index in [0.29, 0.717) is 6.54 Å². The average Bonchev–Trinajstić information content (AvgIpc) is 2.87. The molecule has 3 aromatic rings. The molecular weight excluding hydrogens is 448 g/mol. The molecule has 0 radical (unpaired) electrons. The predicted octanol–water partition coefficient (Wildman–Crippen LogP) is 4.23. The van der Waals surface area contributed by atoms with E-state index in [1.165, 1.54) is 0 Å². The lowest BCUT2D eigenvalue weighted by Crippen LogP contribution is -2.44. The Hall–Kier alpha value is -2.68. The third kappa shape index (κ3) is 6.05. The third-order valence-corrected chi connectivity index (χ3v) is 7.61. The Kier molecular flexibility index (Phi) is 8.37. The number of aliphatic carboxylic acids is 1. The average molecular weight is 481 g/mol. The fourth-order valence-corrected chi connectivity index (χ4v) is 5.62. The number of ether oxygens (including phenoxy) is 1. The second-order valence-corrected chi connectivity index (χ2v) is 9.89. The molecule has 0 spiro atoms. The smallest absolute Gasteiger partial charge is 0.308 e. The lowest BCUT2D eigenvalue weighted by atomic mass is 9.81. The van der Waals surface area contributed by atoms with Crippen LogP contribution in [-0.2, 0) is 4.79 Å². The first-order chi connectivity index (χ1) is 16.5. The molecular formula is C26H32N4O3S. The first kappa shape index (κ1) is 24.4. The van der Waals surface area contributed by atoms with Crippen molar-refractivity contribution in [3.8, 4) is 5.75 Å². The summed E-state index contributed by atoms with van der Waals surface area (Å²) < 4.78 is 5.37. The number of aromatic nitrogens is 2. The van der Waals surface area contributed by atoms with Crippen LogP contribution in [0.3, 0.4) is 0 Å². The number of hydrogen-bond acceptors (Lipinski definition) is 7. The second-order valence-electron chi connectivity index (χ2n) is 8.78. The number of carbonyl (C=O) groups is 1. The number of rotatable bonds is 10. The van der Waals surface area contributed by atoms with E-state index >= 15 is 0 Å². The van der Waals surface area contributed by atoms with Gasteiger partial charge in [-0.05, 0) is 73.7 Å². The van der Waals surface area contributed by atoms with Crippen LogP contribution < -0.4 is 10.5 Å². The van der Waals surface area contributed by atoms with Crippen LogP contribution in [0, 0.1) is 11.8 Å². The quantitative estimate of drug-likeness (QED) is 0.416. The Balaban J connectivity index is 1.34. The highest BCUT2D eigenvalue weighted by molar-refractivity contribution is 7.99. The number of nitrogens with zero attached hydrogens (tertiary/aromatic N) is 3. The lowest BCUT2D eigenvalue weighted by molar-refractivity contribution is -0.146. The van der Waals surface area contributed by atoms with Gasteiger partial charge in [0.2, 0.25) is 0 Å². The highest BCUT2D eigenvalue weighted by Crippen LogP contribution is 2.33. The van der Waals surface area contributed by atoms with Gasteiger partial charge in [-0.3, -0.25) is 9.78 Å². The number of methoxy groups -OCH3 is 1. The molecule has 4 rings (SSSR count). The molecule has 0 aliphatic carbocycles. The molecule has 7 nitrogen and oxygen atoms in total. The number of benzene rings is 1. The summed E-state index contributed by atoms with van der Waals surface area (Å²) >= 11 is 1.71. The van der Waals surface area contributed by atoms with Crippen LogP contribution in [0.2, 0.25) is 0 Å². The molecule has 1 aliphatic rings. The topological polar surface area (TPSA) is 102 Å². The normalized spacial score (nSPS) is 19.7. The van der Waals surface area contributed by atoms with E-state index in [-0.39, 0.29) is 17.9 Å². The van der Waals surface area contributed by atoms with Crippen molar-refractivity contribution in [1.29, 1.82) is 0 Å². The van der Waals surface area contributed by atoms with Gasteiger partial charge >= 0.3 is 5.97 Å². The molecule has 0 saturated carbocycles. The Bertz CT molecular complexity index is 1100. The van der Waals surface area contributed by atoms with Crippen LogP contribution in [0.25, 0.3) is 10.9 Å². The number of hydrogen-bond donors (Lipinski definition) is 2. The molecule has 34 heavy (non-hydrogen) atoms. The maximum Gasteiger partial charge on any atom is 0.308 e. The van der Waals surface area contributed by atoms with E-state index in [1.54, 1.807) is 31.3 Å². The number of carboxylic acids is 1. The molecule has 0 unspecified atom stereocenters. The van der Waals surface area contributed by atoms with Crippen LogP contribution in [0.5, 0.6) is 5.75 Å². The number of likely N-dealkylation sites (tertiary alicyclic amines) is 1. The summed E-state index contributed by atoms with van der Waals surface area (Å²) in [5, 5.41) is 11.9. The van der Waals surface area contributed by atoms with Crippen molar-refractivity contribution >= 4 is 28.6 Å². The molecule has 3 N–H and O–H groups in total. The first-order valence-corrected chi connectivity index (χ1v) is 12.7. The zero-order valence-electron chi connectivity index (χ0n) is 19.5. The summed E-state index contributed by atoms with van der Waals surface area (Å²) in [7, 11) is 1.65. The maximum atomic E-state index is 12.1. The van der Waals surface area contributed by atoms with E-state index in [0.717, 1.165) is 65.3 Å². The van der Waals surface area contributed by atoms with E-state index in [4.69, 9.17) is 10.5 Å². The summed E-state index contributed by atoms with van der Waals surface area (Å²) in [6.07, 6.45) is 5.99. The molecule has 1 saturated heterocycles. The third-order valence-electron chi connectivity index (χ3n) is 6.68. The van der Waals surface area contributed by atoms with Crippen molar-refractivity contribution in [2.75, 3.05) is 32.5 Å². The van der Waals surface area contributed by atoms with Crippen molar-refractivity contribution in [1.82, 2.24) is 14.9 Å². The van der Waals surface area contributed by atoms with Crippen molar-refractivity contribution in [2.45, 2.75) is 30.3 Å². The van der Waals surface area contributed by atoms with Gasteiger partial charge < -0.3 is 20.5 Å². The van der Waals surface area contributed by atoms with Crippen molar-refractivity contribution in [3.63, 3.8) is 0 Å².